The van der Waals surface area contributed by atoms with Gasteiger partial charge in [-0.15, -0.1) is 0 Å². The van der Waals surface area contributed by atoms with Crippen molar-refractivity contribution in [3.8, 4) is 5.75 Å². The highest BCUT2D eigenvalue weighted by atomic mass is 19.1. The van der Waals surface area contributed by atoms with E-state index in [9.17, 15) is 9.18 Å². The van der Waals surface area contributed by atoms with E-state index in [0.29, 0.717) is 30.3 Å². The summed E-state index contributed by atoms with van der Waals surface area (Å²) < 4.78 is 18.6. The minimum atomic E-state index is -0.280. The zero-order valence-corrected chi connectivity index (χ0v) is 14.6. The van der Waals surface area contributed by atoms with Gasteiger partial charge in [-0.05, 0) is 55.7 Å². The molecule has 0 atom stereocenters. The normalized spacial score (nSPS) is 15.1. The molecule has 25 heavy (non-hydrogen) atoms. The number of carbonyl (C=O) groups excluding carboxylic acids is 1. The van der Waals surface area contributed by atoms with Crippen LogP contribution in [0.25, 0.3) is 0 Å². The Kier molecular flexibility index (Phi) is 5.22. The number of carbonyl (C=O) groups is 1. The fourth-order valence-corrected chi connectivity index (χ4v) is 3.14. The summed E-state index contributed by atoms with van der Waals surface area (Å²) >= 11 is 0. The lowest BCUT2D eigenvalue weighted by atomic mass is 10.0. The van der Waals surface area contributed by atoms with Gasteiger partial charge in [0.1, 0.15) is 11.6 Å². The first-order chi connectivity index (χ1) is 12.1. The van der Waals surface area contributed by atoms with E-state index in [4.69, 9.17) is 4.74 Å². The molecule has 0 unspecified atom stereocenters. The summed E-state index contributed by atoms with van der Waals surface area (Å²) in [6.07, 6.45) is 1.76. The van der Waals surface area contributed by atoms with Crippen molar-refractivity contribution in [3.05, 3.63) is 59.4 Å². The van der Waals surface area contributed by atoms with Gasteiger partial charge in [-0.2, -0.15) is 0 Å². The second-order valence-electron chi connectivity index (χ2n) is 6.41. The zero-order valence-electron chi connectivity index (χ0n) is 14.6. The van der Waals surface area contributed by atoms with Crippen molar-refractivity contribution in [3.63, 3.8) is 0 Å². The van der Waals surface area contributed by atoms with Crippen molar-refractivity contribution >= 4 is 11.6 Å². The van der Waals surface area contributed by atoms with Gasteiger partial charge in [-0.25, -0.2) is 4.39 Å². The number of nitrogens with one attached hydrogen (secondary N) is 1. The Bertz CT molecular complexity index is 755. The van der Waals surface area contributed by atoms with Gasteiger partial charge in [-0.1, -0.05) is 6.07 Å². The van der Waals surface area contributed by atoms with Crippen molar-refractivity contribution in [1.82, 2.24) is 4.90 Å². The molecular weight excluding hydrogens is 319 g/mol. The summed E-state index contributed by atoms with van der Waals surface area (Å²) in [7, 11) is 1.65. The molecule has 4 nitrogen and oxygen atoms in total. The summed E-state index contributed by atoms with van der Waals surface area (Å²) in [4.78, 5) is 14.4. The largest absolute Gasteiger partial charge is 0.497 e. The van der Waals surface area contributed by atoms with Gasteiger partial charge in [0, 0.05) is 36.4 Å². The molecule has 1 amide bonds. The molecule has 0 bridgehead atoms. The first-order valence-electron chi connectivity index (χ1n) is 8.53. The number of benzene rings is 2. The highest BCUT2D eigenvalue weighted by Crippen LogP contribution is 2.22. The van der Waals surface area contributed by atoms with Crippen LogP contribution in [0.15, 0.2) is 42.5 Å². The maximum Gasteiger partial charge on any atom is 0.253 e. The first kappa shape index (κ1) is 17.3. The Labute approximate surface area is 147 Å². The molecule has 1 saturated heterocycles. The fraction of sp³-hybridized carbons (Fsp3) is 0.350. The van der Waals surface area contributed by atoms with E-state index in [0.717, 1.165) is 24.3 Å². The number of amides is 1. The SMILES string of the molecule is COc1cccc(NC2CCN(C(=O)c3ccc(F)c(C)c3)CC2)c1. The number of piperidine rings is 1. The minimum absolute atomic E-state index is 0.0251. The molecule has 1 aliphatic rings. The number of nitrogens with zero attached hydrogens (tertiary/aromatic N) is 1. The zero-order chi connectivity index (χ0) is 17.8. The molecule has 3 rings (SSSR count). The summed E-state index contributed by atoms with van der Waals surface area (Å²) in [5.41, 5.74) is 2.08. The smallest absolute Gasteiger partial charge is 0.253 e. The molecule has 132 valence electrons. The molecule has 0 radical (unpaired) electrons. The lowest BCUT2D eigenvalue weighted by Crippen LogP contribution is -2.42. The quantitative estimate of drug-likeness (QED) is 0.917. The van der Waals surface area contributed by atoms with Crippen LogP contribution in [0.2, 0.25) is 0 Å². The van der Waals surface area contributed by atoms with Crippen molar-refractivity contribution in [2.45, 2.75) is 25.8 Å². The third-order valence-electron chi connectivity index (χ3n) is 4.63. The van der Waals surface area contributed by atoms with Gasteiger partial charge in [0.05, 0.1) is 7.11 Å². The highest BCUT2D eigenvalue weighted by Gasteiger charge is 2.24. The third kappa shape index (κ3) is 4.10. The van der Waals surface area contributed by atoms with Crippen molar-refractivity contribution in [1.29, 1.82) is 0 Å². The molecule has 2 aromatic rings. The van der Waals surface area contributed by atoms with E-state index < -0.39 is 0 Å². The molecule has 0 spiro atoms. The van der Waals surface area contributed by atoms with Crippen LogP contribution < -0.4 is 10.1 Å². The van der Waals surface area contributed by atoms with E-state index in [-0.39, 0.29) is 11.7 Å². The minimum Gasteiger partial charge on any atom is -0.497 e. The van der Waals surface area contributed by atoms with Crippen LogP contribution in [-0.4, -0.2) is 37.0 Å². The van der Waals surface area contributed by atoms with Crippen LogP contribution in [0.1, 0.15) is 28.8 Å². The Morgan fingerprint density at radius 2 is 1.96 bits per heavy atom. The van der Waals surface area contributed by atoms with Crippen LogP contribution in [0, 0.1) is 12.7 Å². The van der Waals surface area contributed by atoms with Crippen LogP contribution in [0.3, 0.4) is 0 Å². The lowest BCUT2D eigenvalue weighted by Gasteiger charge is -2.33. The maximum absolute atomic E-state index is 13.4. The van der Waals surface area contributed by atoms with Gasteiger partial charge in [0.2, 0.25) is 0 Å². The molecule has 0 aliphatic carbocycles. The van der Waals surface area contributed by atoms with Gasteiger partial charge >= 0.3 is 0 Å². The van der Waals surface area contributed by atoms with Gasteiger partial charge in [0.15, 0.2) is 0 Å². The number of anilines is 1. The molecule has 1 fully saturated rings. The molecule has 1 aliphatic heterocycles. The van der Waals surface area contributed by atoms with Crippen LogP contribution in [0.4, 0.5) is 10.1 Å². The van der Waals surface area contributed by atoms with Crippen LogP contribution >= 0.6 is 0 Å². The average Bonchev–Trinajstić information content (AvgIpc) is 2.64. The highest BCUT2D eigenvalue weighted by molar-refractivity contribution is 5.94. The van der Waals surface area contributed by atoms with E-state index in [1.54, 1.807) is 26.2 Å². The van der Waals surface area contributed by atoms with Crippen molar-refractivity contribution in [2.75, 3.05) is 25.5 Å². The number of hydrogen-bond acceptors (Lipinski definition) is 3. The van der Waals surface area contributed by atoms with Gasteiger partial charge < -0.3 is 15.0 Å². The number of halogens is 1. The number of ether oxygens (including phenoxy) is 1. The second-order valence-corrected chi connectivity index (χ2v) is 6.41. The summed E-state index contributed by atoms with van der Waals surface area (Å²) in [5.74, 6) is 0.518. The molecule has 5 heteroatoms. The Morgan fingerprint density at radius 3 is 2.64 bits per heavy atom. The predicted octanol–water partition coefficient (Wildman–Crippen LogP) is 3.86. The summed E-state index contributed by atoms with van der Waals surface area (Å²) in [5, 5.41) is 3.50. The molecule has 1 N–H and O–H groups in total. The van der Waals surface area contributed by atoms with E-state index >= 15 is 0 Å². The number of hydrogen-bond donors (Lipinski definition) is 1. The standard InChI is InChI=1S/C20H23FN2O2/c1-14-12-15(6-7-19(14)21)20(24)23-10-8-16(9-11-23)22-17-4-3-5-18(13-17)25-2/h3-7,12-13,16,22H,8-11H2,1-2H3. The topological polar surface area (TPSA) is 41.6 Å². The third-order valence-corrected chi connectivity index (χ3v) is 4.63. The van der Waals surface area contributed by atoms with E-state index in [1.807, 2.05) is 29.2 Å². The molecule has 0 aromatic heterocycles. The second kappa shape index (κ2) is 7.55. The maximum atomic E-state index is 13.4. The molecular formula is C20H23FN2O2. The molecule has 1 heterocycles. The number of rotatable bonds is 4. The van der Waals surface area contributed by atoms with Crippen molar-refractivity contribution < 1.29 is 13.9 Å². The predicted molar refractivity (Wildman–Crippen MR) is 96.7 cm³/mol. The number of aryl methyl sites for hydroxylation is 1. The summed E-state index contributed by atoms with van der Waals surface area (Å²) in [6, 6.07) is 12.7. The van der Waals surface area contributed by atoms with Crippen LogP contribution in [0.5, 0.6) is 5.75 Å². The average molecular weight is 342 g/mol. The monoisotopic (exact) mass is 342 g/mol. The van der Waals surface area contributed by atoms with Gasteiger partial charge in [0.25, 0.3) is 5.91 Å². The van der Waals surface area contributed by atoms with Crippen LogP contribution in [-0.2, 0) is 0 Å². The molecule has 0 saturated carbocycles. The van der Waals surface area contributed by atoms with E-state index in [2.05, 4.69) is 5.32 Å². The number of methoxy groups -OCH3 is 1. The Hall–Kier alpha value is -2.56. The first-order valence-corrected chi connectivity index (χ1v) is 8.53. The van der Waals surface area contributed by atoms with Gasteiger partial charge in [-0.3, -0.25) is 4.79 Å². The van der Waals surface area contributed by atoms with Crippen molar-refractivity contribution in [2.24, 2.45) is 0 Å². The Morgan fingerprint density at radius 1 is 1.20 bits per heavy atom. The fourth-order valence-electron chi connectivity index (χ4n) is 3.14. The van der Waals surface area contributed by atoms with E-state index in [1.165, 1.54) is 6.07 Å². The summed E-state index contributed by atoms with van der Waals surface area (Å²) in [6.45, 7) is 3.06. The number of likely N-dealkylation sites (tertiary alicyclic amines) is 1. The Balaban J connectivity index is 1.57. The lowest BCUT2D eigenvalue weighted by molar-refractivity contribution is 0.0718. The molecule has 2 aromatic carbocycles.